The molecule has 152 valence electrons. The van der Waals surface area contributed by atoms with Crippen molar-refractivity contribution in [2.24, 2.45) is 4.99 Å². The van der Waals surface area contributed by atoms with Gasteiger partial charge < -0.3 is 20.3 Å². The first-order valence-electron chi connectivity index (χ1n) is 10.7. The summed E-state index contributed by atoms with van der Waals surface area (Å²) in [5, 5.41) is 6.98. The normalized spacial score (nSPS) is 18.0. The van der Waals surface area contributed by atoms with Gasteiger partial charge in [-0.2, -0.15) is 0 Å². The number of nitrogens with zero attached hydrogens (tertiary/aromatic N) is 2. The van der Waals surface area contributed by atoms with Crippen LogP contribution in [0.25, 0.3) is 0 Å². The molecule has 2 N–H and O–H groups in total. The van der Waals surface area contributed by atoms with Gasteiger partial charge in [0.2, 0.25) is 0 Å². The Morgan fingerprint density at radius 1 is 1.26 bits per heavy atom. The summed E-state index contributed by atoms with van der Waals surface area (Å²) < 4.78 is 5.77. The average Bonchev–Trinajstić information content (AvgIpc) is 2.69. The van der Waals surface area contributed by atoms with Crippen LogP contribution < -0.4 is 15.4 Å². The van der Waals surface area contributed by atoms with Crippen molar-refractivity contribution in [2.75, 3.05) is 39.3 Å². The maximum atomic E-state index is 5.77. The van der Waals surface area contributed by atoms with E-state index in [1.54, 1.807) is 0 Å². The number of nitrogens with one attached hydrogen (secondary N) is 2. The lowest BCUT2D eigenvalue weighted by Crippen LogP contribution is -2.42. The topological polar surface area (TPSA) is 48.9 Å². The fraction of sp³-hybridized carbons (Fsp3) is 0.682. The Labute approximate surface area is 165 Å². The highest BCUT2D eigenvalue weighted by atomic mass is 16.5. The number of fused-ring (bicyclic) bond motifs is 1. The summed E-state index contributed by atoms with van der Waals surface area (Å²) in [4.78, 5) is 7.36. The Morgan fingerprint density at radius 2 is 2.04 bits per heavy atom. The minimum absolute atomic E-state index is 0.417. The van der Waals surface area contributed by atoms with Crippen LogP contribution in [0.5, 0.6) is 5.75 Å². The van der Waals surface area contributed by atoms with E-state index in [0.717, 1.165) is 57.3 Å². The van der Waals surface area contributed by atoms with Gasteiger partial charge >= 0.3 is 0 Å². The third-order valence-corrected chi connectivity index (χ3v) is 5.29. The number of rotatable bonds is 10. The van der Waals surface area contributed by atoms with Crippen LogP contribution in [0.2, 0.25) is 0 Å². The molecule has 1 aromatic carbocycles. The zero-order valence-corrected chi connectivity index (χ0v) is 17.6. The highest BCUT2D eigenvalue weighted by Gasteiger charge is 2.20. The van der Waals surface area contributed by atoms with E-state index >= 15 is 0 Å². The minimum atomic E-state index is 0.417. The molecule has 2 atom stereocenters. The van der Waals surface area contributed by atoms with Crippen molar-refractivity contribution >= 4 is 5.96 Å². The molecule has 0 spiro atoms. The van der Waals surface area contributed by atoms with Crippen LogP contribution in [-0.4, -0.2) is 56.2 Å². The van der Waals surface area contributed by atoms with E-state index in [1.165, 1.54) is 18.5 Å². The summed E-state index contributed by atoms with van der Waals surface area (Å²) in [5.74, 6) is 2.38. The highest BCUT2D eigenvalue weighted by Crippen LogP contribution is 2.33. The molecule has 0 saturated heterocycles. The molecule has 0 aliphatic carbocycles. The number of ether oxygens (including phenoxy) is 1. The minimum Gasteiger partial charge on any atom is -0.493 e. The molecule has 0 fully saturated rings. The fourth-order valence-electron chi connectivity index (χ4n) is 3.59. The predicted molar refractivity (Wildman–Crippen MR) is 115 cm³/mol. The monoisotopic (exact) mass is 374 g/mol. The molecule has 27 heavy (non-hydrogen) atoms. The van der Waals surface area contributed by atoms with Crippen molar-refractivity contribution < 1.29 is 4.74 Å². The molecule has 0 aromatic heterocycles. The van der Waals surface area contributed by atoms with Crippen molar-refractivity contribution in [3.05, 3.63) is 29.8 Å². The van der Waals surface area contributed by atoms with Gasteiger partial charge in [-0.25, -0.2) is 0 Å². The van der Waals surface area contributed by atoms with Crippen LogP contribution in [-0.2, 0) is 0 Å². The van der Waals surface area contributed by atoms with Gasteiger partial charge in [-0.1, -0.05) is 32.0 Å². The first-order chi connectivity index (χ1) is 13.2. The van der Waals surface area contributed by atoms with Crippen molar-refractivity contribution in [3.8, 4) is 5.75 Å². The van der Waals surface area contributed by atoms with Gasteiger partial charge in [0.15, 0.2) is 5.96 Å². The molecule has 1 aromatic rings. The number of benzene rings is 1. The van der Waals surface area contributed by atoms with E-state index in [9.17, 15) is 0 Å². The average molecular weight is 375 g/mol. The van der Waals surface area contributed by atoms with Crippen LogP contribution in [0.3, 0.4) is 0 Å². The molecule has 5 heteroatoms. The molecule has 0 radical (unpaired) electrons. The summed E-state index contributed by atoms with van der Waals surface area (Å²) >= 11 is 0. The second-order valence-corrected chi connectivity index (χ2v) is 7.31. The third kappa shape index (κ3) is 7.06. The number of aliphatic imine (C=N–C) groups is 1. The second kappa shape index (κ2) is 11.9. The van der Waals surface area contributed by atoms with E-state index < -0.39 is 0 Å². The van der Waals surface area contributed by atoms with Gasteiger partial charge in [-0.3, -0.25) is 4.99 Å². The quantitative estimate of drug-likeness (QED) is 0.485. The summed E-state index contributed by atoms with van der Waals surface area (Å²) in [7, 11) is 0. The fourth-order valence-corrected chi connectivity index (χ4v) is 3.59. The van der Waals surface area contributed by atoms with Crippen molar-refractivity contribution in [2.45, 2.75) is 58.9 Å². The van der Waals surface area contributed by atoms with Crippen molar-refractivity contribution in [1.29, 1.82) is 0 Å². The predicted octanol–water partition coefficient (Wildman–Crippen LogP) is 3.62. The van der Waals surface area contributed by atoms with E-state index in [4.69, 9.17) is 9.73 Å². The first kappa shape index (κ1) is 21.5. The van der Waals surface area contributed by atoms with Gasteiger partial charge in [0.05, 0.1) is 6.61 Å². The highest BCUT2D eigenvalue weighted by molar-refractivity contribution is 5.80. The second-order valence-electron chi connectivity index (χ2n) is 7.31. The van der Waals surface area contributed by atoms with Crippen molar-refractivity contribution in [1.82, 2.24) is 15.5 Å². The number of guanidine groups is 1. The Kier molecular flexibility index (Phi) is 9.46. The molecular formula is C22H38N4O. The maximum absolute atomic E-state index is 5.77. The molecule has 5 nitrogen and oxygen atoms in total. The smallest absolute Gasteiger partial charge is 0.191 e. The standard InChI is InChI=1S/C22H38N4O/c1-5-23-22(25-18(4)11-10-15-26(6-2)7-3)24-17-19-14-16-27-21-13-9-8-12-20(19)21/h8-9,12-13,18-19H,5-7,10-11,14-17H2,1-4H3,(H2,23,24,25). The van der Waals surface area contributed by atoms with E-state index in [1.807, 2.05) is 6.07 Å². The number of hydrogen-bond donors (Lipinski definition) is 2. The van der Waals surface area contributed by atoms with E-state index in [0.29, 0.717) is 12.0 Å². The molecule has 1 aliphatic heterocycles. The van der Waals surface area contributed by atoms with Gasteiger partial charge in [0, 0.05) is 25.0 Å². The Balaban J connectivity index is 1.87. The molecule has 0 bridgehead atoms. The Hall–Kier alpha value is -1.75. The molecule has 2 unspecified atom stereocenters. The van der Waals surface area contributed by atoms with Gasteiger partial charge in [0.25, 0.3) is 0 Å². The zero-order chi connectivity index (χ0) is 19.5. The number of hydrogen-bond acceptors (Lipinski definition) is 3. The van der Waals surface area contributed by atoms with Crippen molar-refractivity contribution in [3.63, 3.8) is 0 Å². The molecule has 1 aliphatic rings. The van der Waals surface area contributed by atoms with Gasteiger partial charge in [0.1, 0.15) is 5.75 Å². The Morgan fingerprint density at radius 3 is 2.78 bits per heavy atom. The summed E-state index contributed by atoms with van der Waals surface area (Å²) in [5.41, 5.74) is 1.29. The Bertz CT molecular complexity index is 571. The maximum Gasteiger partial charge on any atom is 0.191 e. The van der Waals surface area contributed by atoms with Crippen LogP contribution in [0.15, 0.2) is 29.3 Å². The van der Waals surface area contributed by atoms with Crippen LogP contribution in [0.4, 0.5) is 0 Å². The third-order valence-electron chi connectivity index (χ3n) is 5.29. The molecule has 1 heterocycles. The molecular weight excluding hydrogens is 336 g/mol. The summed E-state index contributed by atoms with van der Waals surface area (Å²) in [6.45, 7) is 14.7. The van der Waals surface area contributed by atoms with Gasteiger partial charge in [-0.05, 0) is 64.4 Å². The SMILES string of the molecule is CCNC(=NCC1CCOc2ccccc21)NC(C)CCCN(CC)CC. The largest absolute Gasteiger partial charge is 0.493 e. The zero-order valence-electron chi connectivity index (χ0n) is 17.6. The summed E-state index contributed by atoms with van der Waals surface area (Å²) in [6, 6.07) is 8.78. The van der Waals surface area contributed by atoms with E-state index in [-0.39, 0.29) is 0 Å². The lowest BCUT2D eigenvalue weighted by molar-refractivity contribution is 0.269. The molecule has 0 saturated carbocycles. The van der Waals surface area contributed by atoms with E-state index in [2.05, 4.69) is 61.4 Å². The summed E-state index contributed by atoms with van der Waals surface area (Å²) in [6.07, 6.45) is 3.39. The first-order valence-corrected chi connectivity index (χ1v) is 10.7. The molecule has 2 rings (SSSR count). The molecule has 0 amide bonds. The van der Waals surface area contributed by atoms with Crippen LogP contribution >= 0.6 is 0 Å². The van der Waals surface area contributed by atoms with Gasteiger partial charge in [-0.15, -0.1) is 0 Å². The van der Waals surface area contributed by atoms with Crippen LogP contribution in [0, 0.1) is 0 Å². The van der Waals surface area contributed by atoms with Crippen LogP contribution in [0.1, 0.15) is 58.4 Å². The number of para-hydroxylation sites is 1. The lowest BCUT2D eigenvalue weighted by Gasteiger charge is -2.25. The lowest BCUT2D eigenvalue weighted by atomic mass is 9.93.